The fraction of sp³-hybridized carbons (Fsp3) is 0.158. The maximum Gasteiger partial charge on any atom is 0.489 e. The van der Waals surface area contributed by atoms with E-state index < -0.39 is 7.12 Å². The Kier molecular flexibility index (Phi) is 4.74. The van der Waals surface area contributed by atoms with Crippen molar-refractivity contribution >= 4 is 23.4 Å². The Morgan fingerprint density at radius 3 is 2.38 bits per heavy atom. The standard InChI is InChI=1S/C19H19BO4/c1-13-8-9-15-16(20(21)22)10-11-17(18(15)19(13)23-2)24-12-14-6-4-3-5-7-14/h3-11,21-22H,12H2,1-2H3. The normalized spacial score (nSPS) is 10.7. The van der Waals surface area contributed by atoms with Crippen LogP contribution in [-0.4, -0.2) is 24.3 Å². The highest BCUT2D eigenvalue weighted by atomic mass is 16.5. The summed E-state index contributed by atoms with van der Waals surface area (Å²) in [4.78, 5) is 0. The SMILES string of the molecule is COc1c(C)ccc2c(B(O)O)ccc(OCc3ccccc3)c12. The van der Waals surface area contributed by atoms with Crippen LogP contribution in [0.15, 0.2) is 54.6 Å². The minimum atomic E-state index is -1.55. The lowest BCUT2D eigenvalue weighted by Gasteiger charge is -2.16. The highest BCUT2D eigenvalue weighted by Crippen LogP contribution is 2.36. The summed E-state index contributed by atoms with van der Waals surface area (Å²) in [5, 5.41) is 20.7. The molecule has 3 aromatic carbocycles. The Balaban J connectivity index is 2.10. The van der Waals surface area contributed by atoms with Gasteiger partial charge in [0.05, 0.1) is 12.5 Å². The number of fused-ring (bicyclic) bond motifs is 1. The molecule has 0 bridgehead atoms. The van der Waals surface area contributed by atoms with Crippen molar-refractivity contribution in [1.82, 2.24) is 0 Å². The van der Waals surface area contributed by atoms with Gasteiger partial charge in [0, 0.05) is 0 Å². The minimum absolute atomic E-state index is 0.425. The molecule has 0 heterocycles. The number of hydrogen-bond donors (Lipinski definition) is 2. The molecule has 3 rings (SSSR count). The molecule has 0 aromatic heterocycles. The second kappa shape index (κ2) is 6.95. The van der Waals surface area contributed by atoms with Gasteiger partial charge in [-0.05, 0) is 35.0 Å². The highest BCUT2D eigenvalue weighted by Gasteiger charge is 2.20. The molecular formula is C19H19BO4. The fourth-order valence-electron chi connectivity index (χ4n) is 2.85. The quantitative estimate of drug-likeness (QED) is 0.708. The van der Waals surface area contributed by atoms with Gasteiger partial charge in [-0.1, -0.05) is 48.5 Å². The van der Waals surface area contributed by atoms with E-state index in [1.54, 1.807) is 19.2 Å². The van der Waals surface area contributed by atoms with Gasteiger partial charge in [0.2, 0.25) is 0 Å². The number of ether oxygens (including phenoxy) is 2. The van der Waals surface area contributed by atoms with E-state index in [0.29, 0.717) is 29.0 Å². The minimum Gasteiger partial charge on any atom is -0.496 e. The zero-order valence-electron chi connectivity index (χ0n) is 13.7. The number of hydrogen-bond acceptors (Lipinski definition) is 4. The lowest BCUT2D eigenvalue weighted by atomic mass is 9.76. The van der Waals surface area contributed by atoms with Gasteiger partial charge >= 0.3 is 7.12 Å². The maximum absolute atomic E-state index is 9.63. The van der Waals surface area contributed by atoms with Gasteiger partial charge < -0.3 is 19.5 Å². The van der Waals surface area contributed by atoms with Crippen LogP contribution in [0.25, 0.3) is 10.8 Å². The van der Waals surface area contributed by atoms with Crippen LogP contribution >= 0.6 is 0 Å². The Morgan fingerprint density at radius 1 is 0.958 bits per heavy atom. The summed E-state index contributed by atoms with van der Waals surface area (Å²) < 4.78 is 11.5. The van der Waals surface area contributed by atoms with Crippen LogP contribution in [0, 0.1) is 6.92 Å². The first kappa shape index (κ1) is 16.4. The van der Waals surface area contributed by atoms with Crippen LogP contribution in [0.4, 0.5) is 0 Å². The Labute approximate surface area is 141 Å². The highest BCUT2D eigenvalue weighted by molar-refractivity contribution is 6.62. The summed E-state index contributed by atoms with van der Waals surface area (Å²) in [5.74, 6) is 1.33. The average Bonchev–Trinajstić information content (AvgIpc) is 2.60. The van der Waals surface area contributed by atoms with Crippen molar-refractivity contribution in [2.45, 2.75) is 13.5 Å². The zero-order chi connectivity index (χ0) is 17.1. The van der Waals surface area contributed by atoms with E-state index in [1.807, 2.05) is 49.4 Å². The van der Waals surface area contributed by atoms with Gasteiger partial charge in [0.15, 0.2) is 0 Å². The van der Waals surface area contributed by atoms with Gasteiger partial charge in [0.1, 0.15) is 18.1 Å². The molecule has 4 nitrogen and oxygen atoms in total. The first-order chi connectivity index (χ1) is 11.6. The van der Waals surface area contributed by atoms with Crippen LogP contribution in [-0.2, 0) is 6.61 Å². The maximum atomic E-state index is 9.63. The van der Waals surface area contributed by atoms with Crippen molar-refractivity contribution in [2.75, 3.05) is 7.11 Å². The third-order valence-corrected chi connectivity index (χ3v) is 4.05. The monoisotopic (exact) mass is 322 g/mol. The molecule has 0 spiro atoms. The Hall–Kier alpha value is -2.50. The second-order valence-corrected chi connectivity index (χ2v) is 5.64. The molecule has 0 amide bonds. The summed E-state index contributed by atoms with van der Waals surface area (Å²) in [6.45, 7) is 2.37. The molecule has 0 saturated heterocycles. The van der Waals surface area contributed by atoms with E-state index in [4.69, 9.17) is 9.47 Å². The van der Waals surface area contributed by atoms with E-state index in [0.717, 1.165) is 16.5 Å². The number of benzene rings is 3. The summed E-state index contributed by atoms with van der Waals surface area (Å²) in [5.41, 5.74) is 2.44. The predicted molar refractivity (Wildman–Crippen MR) is 95.8 cm³/mol. The van der Waals surface area contributed by atoms with Crippen molar-refractivity contribution in [2.24, 2.45) is 0 Å². The molecule has 0 radical (unpaired) electrons. The molecule has 0 saturated carbocycles. The molecule has 0 aliphatic rings. The Bertz CT molecular complexity index is 847. The molecule has 2 N–H and O–H groups in total. The number of aryl methyl sites for hydroxylation is 1. The predicted octanol–water partition coefficient (Wildman–Crippen LogP) is 2.42. The molecule has 0 atom stereocenters. The van der Waals surface area contributed by atoms with Crippen LogP contribution in [0.3, 0.4) is 0 Å². The van der Waals surface area contributed by atoms with Crippen molar-refractivity contribution in [3.63, 3.8) is 0 Å². The van der Waals surface area contributed by atoms with Gasteiger partial charge in [-0.25, -0.2) is 0 Å². The topological polar surface area (TPSA) is 58.9 Å². The molecule has 5 heteroatoms. The van der Waals surface area contributed by atoms with Crippen LogP contribution in [0.1, 0.15) is 11.1 Å². The van der Waals surface area contributed by atoms with Crippen LogP contribution < -0.4 is 14.9 Å². The van der Waals surface area contributed by atoms with Gasteiger partial charge in [-0.3, -0.25) is 0 Å². The molecule has 122 valence electrons. The molecule has 0 aliphatic heterocycles. The first-order valence-electron chi connectivity index (χ1n) is 7.75. The van der Waals surface area contributed by atoms with E-state index in [-0.39, 0.29) is 0 Å². The Morgan fingerprint density at radius 2 is 1.71 bits per heavy atom. The van der Waals surface area contributed by atoms with Gasteiger partial charge in [0.25, 0.3) is 0 Å². The average molecular weight is 322 g/mol. The van der Waals surface area contributed by atoms with Crippen molar-refractivity contribution in [3.8, 4) is 11.5 Å². The summed E-state index contributed by atoms with van der Waals surface area (Å²) in [6.07, 6.45) is 0. The zero-order valence-corrected chi connectivity index (χ0v) is 13.7. The van der Waals surface area contributed by atoms with E-state index in [2.05, 4.69) is 0 Å². The van der Waals surface area contributed by atoms with Gasteiger partial charge in [-0.15, -0.1) is 0 Å². The van der Waals surface area contributed by atoms with Crippen LogP contribution in [0.2, 0.25) is 0 Å². The smallest absolute Gasteiger partial charge is 0.489 e. The van der Waals surface area contributed by atoms with E-state index >= 15 is 0 Å². The molecule has 0 aliphatic carbocycles. The van der Waals surface area contributed by atoms with Crippen LogP contribution in [0.5, 0.6) is 11.5 Å². The summed E-state index contributed by atoms with van der Waals surface area (Å²) >= 11 is 0. The number of methoxy groups -OCH3 is 1. The number of rotatable bonds is 5. The van der Waals surface area contributed by atoms with E-state index in [9.17, 15) is 10.0 Å². The van der Waals surface area contributed by atoms with Gasteiger partial charge in [-0.2, -0.15) is 0 Å². The summed E-state index contributed by atoms with van der Waals surface area (Å²) in [7, 11) is 0.0493. The molecular weight excluding hydrogens is 303 g/mol. The fourth-order valence-corrected chi connectivity index (χ4v) is 2.85. The van der Waals surface area contributed by atoms with E-state index in [1.165, 1.54) is 0 Å². The third kappa shape index (κ3) is 3.09. The summed E-state index contributed by atoms with van der Waals surface area (Å²) in [6, 6.07) is 17.1. The van der Waals surface area contributed by atoms with Crippen molar-refractivity contribution in [3.05, 3.63) is 65.7 Å². The molecule has 24 heavy (non-hydrogen) atoms. The van der Waals surface area contributed by atoms with Crippen molar-refractivity contribution in [1.29, 1.82) is 0 Å². The molecule has 3 aromatic rings. The largest absolute Gasteiger partial charge is 0.496 e. The molecule has 0 unspecified atom stereocenters. The lowest BCUT2D eigenvalue weighted by molar-refractivity contribution is 0.308. The molecule has 0 fully saturated rings. The first-order valence-corrected chi connectivity index (χ1v) is 7.75. The third-order valence-electron chi connectivity index (χ3n) is 4.05. The van der Waals surface area contributed by atoms with Crippen molar-refractivity contribution < 1.29 is 19.5 Å². The second-order valence-electron chi connectivity index (χ2n) is 5.64. The lowest BCUT2D eigenvalue weighted by Crippen LogP contribution is -2.30.